The molecule has 3 aromatic carbocycles. The van der Waals surface area contributed by atoms with Crippen LogP contribution in [0.4, 0.5) is 18.9 Å². The lowest BCUT2D eigenvalue weighted by Crippen LogP contribution is -2.41. The van der Waals surface area contributed by atoms with Crippen LogP contribution in [0.3, 0.4) is 0 Å². The first-order valence-electron chi connectivity index (χ1n) is 12.3. The van der Waals surface area contributed by atoms with Gasteiger partial charge in [-0.2, -0.15) is 13.2 Å². The lowest BCUT2D eigenvalue weighted by molar-refractivity contribution is -0.154. The maximum absolute atomic E-state index is 13.5. The number of nitrogens with one attached hydrogen (secondary N) is 1. The van der Waals surface area contributed by atoms with Crippen molar-refractivity contribution in [1.82, 2.24) is 4.90 Å². The zero-order valence-electron chi connectivity index (χ0n) is 20.3. The molecule has 1 heterocycles. The molecule has 3 amide bonds. The van der Waals surface area contributed by atoms with E-state index >= 15 is 0 Å². The number of anilines is 1. The van der Waals surface area contributed by atoms with Crippen molar-refractivity contribution in [2.75, 3.05) is 18.5 Å². The number of hydrogen-bond donors (Lipinski definition) is 1. The van der Waals surface area contributed by atoms with Gasteiger partial charge < -0.3 is 10.1 Å². The highest BCUT2D eigenvalue weighted by Gasteiger charge is 2.61. The van der Waals surface area contributed by atoms with Gasteiger partial charge >= 0.3 is 12.1 Å². The second-order valence-corrected chi connectivity index (χ2v) is 9.81. The van der Waals surface area contributed by atoms with E-state index in [-0.39, 0.29) is 17.5 Å². The van der Waals surface area contributed by atoms with E-state index in [4.69, 9.17) is 4.74 Å². The number of alkyl halides is 3. The maximum Gasteiger partial charge on any atom is 0.416 e. The molecule has 39 heavy (non-hydrogen) atoms. The third-order valence-corrected chi connectivity index (χ3v) is 7.66. The summed E-state index contributed by atoms with van der Waals surface area (Å²) in [5, 5.41) is 2.24. The lowest BCUT2D eigenvalue weighted by Gasteiger charge is -2.45. The van der Waals surface area contributed by atoms with Crippen molar-refractivity contribution in [2.45, 2.75) is 18.0 Å². The maximum atomic E-state index is 13.5. The number of likely N-dealkylation sites (tertiary alicyclic amines) is 1. The summed E-state index contributed by atoms with van der Waals surface area (Å²) >= 11 is 0. The van der Waals surface area contributed by atoms with Gasteiger partial charge in [0.1, 0.15) is 6.54 Å². The Balaban J connectivity index is 1.15. The summed E-state index contributed by atoms with van der Waals surface area (Å²) in [6, 6.07) is 19.5. The van der Waals surface area contributed by atoms with E-state index in [9.17, 15) is 32.3 Å². The number of carbonyl (C=O) groups excluding carboxylic acids is 4. The summed E-state index contributed by atoms with van der Waals surface area (Å²) in [6.45, 7) is -1.45. The smallest absolute Gasteiger partial charge is 0.416 e. The molecule has 10 heteroatoms. The van der Waals surface area contributed by atoms with Gasteiger partial charge in [-0.05, 0) is 40.5 Å². The first-order chi connectivity index (χ1) is 18.6. The SMILES string of the molecule is O=C(COC(=O)CN1C(=O)[C@@H]2C3c4ccccc4C(c4ccccc43)[C@@H]2C1=O)Nc1cccc(C(F)(F)F)c1. The van der Waals surface area contributed by atoms with Crippen LogP contribution in [0.1, 0.15) is 39.7 Å². The normalized spacial score (nSPS) is 22.7. The number of amides is 3. The molecule has 1 N–H and O–H groups in total. The van der Waals surface area contributed by atoms with Gasteiger partial charge in [-0.15, -0.1) is 0 Å². The van der Waals surface area contributed by atoms with Crippen molar-refractivity contribution >= 4 is 29.4 Å². The molecule has 0 radical (unpaired) electrons. The molecule has 198 valence electrons. The summed E-state index contributed by atoms with van der Waals surface area (Å²) in [4.78, 5) is 52.7. The summed E-state index contributed by atoms with van der Waals surface area (Å²) in [5.41, 5.74) is 2.94. The molecule has 0 spiro atoms. The Labute approximate surface area is 220 Å². The number of hydrogen-bond acceptors (Lipinski definition) is 5. The van der Waals surface area contributed by atoms with E-state index in [0.29, 0.717) is 0 Å². The van der Waals surface area contributed by atoms with Crippen LogP contribution in [0.15, 0.2) is 72.8 Å². The average molecular weight is 534 g/mol. The van der Waals surface area contributed by atoms with E-state index < -0.39 is 60.4 Å². The number of nitrogens with zero attached hydrogens (tertiary/aromatic N) is 1. The number of benzene rings is 3. The number of halogens is 3. The molecule has 7 nitrogen and oxygen atoms in total. The second kappa shape index (κ2) is 9.07. The van der Waals surface area contributed by atoms with Crippen molar-refractivity contribution in [3.8, 4) is 0 Å². The summed E-state index contributed by atoms with van der Waals surface area (Å²) in [7, 11) is 0. The van der Waals surface area contributed by atoms with Gasteiger partial charge in [-0.1, -0.05) is 54.6 Å². The summed E-state index contributed by atoms with van der Waals surface area (Å²) in [6.07, 6.45) is -4.58. The van der Waals surface area contributed by atoms with Crippen molar-refractivity contribution in [3.05, 3.63) is 101 Å². The van der Waals surface area contributed by atoms with Crippen LogP contribution in [-0.4, -0.2) is 41.7 Å². The van der Waals surface area contributed by atoms with Crippen molar-refractivity contribution < 1.29 is 37.1 Å². The molecule has 7 rings (SSSR count). The Morgan fingerprint density at radius 1 is 0.795 bits per heavy atom. The number of rotatable bonds is 5. The van der Waals surface area contributed by atoms with Crippen LogP contribution in [0, 0.1) is 11.8 Å². The van der Waals surface area contributed by atoms with Crippen LogP contribution in [0.5, 0.6) is 0 Å². The second-order valence-electron chi connectivity index (χ2n) is 9.81. The minimum Gasteiger partial charge on any atom is -0.454 e. The van der Waals surface area contributed by atoms with E-state index in [0.717, 1.165) is 45.4 Å². The predicted molar refractivity (Wildman–Crippen MR) is 131 cm³/mol. The predicted octanol–water partition coefficient (Wildman–Crippen LogP) is 4.08. The Hall–Kier alpha value is -4.47. The van der Waals surface area contributed by atoms with Crippen LogP contribution in [-0.2, 0) is 30.1 Å². The highest BCUT2D eigenvalue weighted by atomic mass is 19.4. The standard InChI is InChI=1S/C29H21F3N2O5/c30-29(31,32)15-6-5-7-16(12-15)33-21(35)14-39-22(36)13-34-27(37)25-23-17-8-1-2-9-18(17)24(26(25)28(34)38)20-11-4-3-10-19(20)23/h1-12,23-26H,13-14H2,(H,33,35)/t23?,24?,25-,26+. The molecule has 1 saturated heterocycles. The molecule has 0 saturated carbocycles. The third-order valence-electron chi connectivity index (χ3n) is 7.66. The molecular formula is C29H21F3N2O5. The third kappa shape index (κ3) is 4.07. The van der Waals surface area contributed by atoms with Crippen LogP contribution >= 0.6 is 0 Å². The fourth-order valence-electron chi connectivity index (χ4n) is 6.19. The van der Waals surface area contributed by atoms with Gasteiger partial charge in [0.15, 0.2) is 6.61 Å². The first kappa shape index (κ1) is 24.8. The fourth-order valence-corrected chi connectivity index (χ4v) is 6.19. The average Bonchev–Trinajstić information content (AvgIpc) is 3.17. The fraction of sp³-hybridized carbons (Fsp3) is 0.241. The number of carbonyl (C=O) groups is 4. The Morgan fingerprint density at radius 3 is 1.79 bits per heavy atom. The minimum absolute atomic E-state index is 0.116. The summed E-state index contributed by atoms with van der Waals surface area (Å²) < 4.78 is 43.6. The summed E-state index contributed by atoms with van der Waals surface area (Å²) in [5.74, 6) is -4.69. The molecular weight excluding hydrogens is 513 g/mol. The van der Waals surface area contributed by atoms with Gasteiger partial charge in [-0.3, -0.25) is 24.1 Å². The number of imide groups is 1. The van der Waals surface area contributed by atoms with Crippen LogP contribution < -0.4 is 5.32 Å². The van der Waals surface area contributed by atoms with Crippen molar-refractivity contribution in [2.24, 2.45) is 11.8 Å². The van der Waals surface area contributed by atoms with E-state index in [1.54, 1.807) is 0 Å². The van der Waals surface area contributed by atoms with Gasteiger partial charge in [0, 0.05) is 17.5 Å². The Morgan fingerprint density at radius 2 is 1.31 bits per heavy atom. The molecule has 4 aliphatic rings. The molecule has 3 aromatic rings. The lowest BCUT2D eigenvalue weighted by atomic mass is 9.55. The zero-order valence-corrected chi connectivity index (χ0v) is 20.3. The molecule has 2 bridgehead atoms. The topological polar surface area (TPSA) is 92.8 Å². The quantitative estimate of drug-likeness (QED) is 0.394. The molecule has 3 aliphatic carbocycles. The van der Waals surface area contributed by atoms with E-state index in [2.05, 4.69) is 5.32 Å². The highest BCUT2D eigenvalue weighted by molar-refractivity contribution is 6.09. The molecule has 1 aliphatic heterocycles. The van der Waals surface area contributed by atoms with Crippen LogP contribution in [0.2, 0.25) is 0 Å². The highest BCUT2D eigenvalue weighted by Crippen LogP contribution is 2.60. The number of ether oxygens (including phenoxy) is 1. The van der Waals surface area contributed by atoms with Gasteiger partial charge in [0.2, 0.25) is 11.8 Å². The van der Waals surface area contributed by atoms with Gasteiger partial charge in [0.25, 0.3) is 5.91 Å². The molecule has 0 unspecified atom stereocenters. The first-order valence-corrected chi connectivity index (χ1v) is 12.3. The Kier molecular flexibility index (Phi) is 5.78. The largest absolute Gasteiger partial charge is 0.454 e. The minimum atomic E-state index is -4.58. The van der Waals surface area contributed by atoms with E-state index in [1.165, 1.54) is 6.07 Å². The van der Waals surface area contributed by atoms with E-state index in [1.807, 2.05) is 48.5 Å². The van der Waals surface area contributed by atoms with Crippen LogP contribution in [0.25, 0.3) is 0 Å². The Bertz CT molecular complexity index is 1420. The van der Waals surface area contributed by atoms with Crippen molar-refractivity contribution in [3.63, 3.8) is 0 Å². The zero-order chi connectivity index (χ0) is 27.5. The number of esters is 1. The molecule has 2 atom stereocenters. The molecule has 0 aromatic heterocycles. The van der Waals surface area contributed by atoms with Gasteiger partial charge in [-0.25, -0.2) is 0 Å². The van der Waals surface area contributed by atoms with Gasteiger partial charge in [0.05, 0.1) is 17.4 Å². The molecule has 1 fully saturated rings. The van der Waals surface area contributed by atoms with Crippen molar-refractivity contribution in [1.29, 1.82) is 0 Å². The monoisotopic (exact) mass is 534 g/mol.